The third kappa shape index (κ3) is 12.1. The summed E-state index contributed by atoms with van der Waals surface area (Å²) in [6, 6.07) is 27.3. The number of hydrogen-bond acceptors (Lipinski definition) is 7. The van der Waals surface area contributed by atoms with Crippen molar-refractivity contribution >= 4 is 40.7 Å². The molecule has 9 heteroatoms. The van der Waals surface area contributed by atoms with Crippen LogP contribution in [-0.4, -0.2) is 34.5 Å². The van der Waals surface area contributed by atoms with Gasteiger partial charge >= 0.3 is 5.97 Å². The van der Waals surface area contributed by atoms with E-state index in [0.29, 0.717) is 36.0 Å². The fraction of sp³-hybridized carbons (Fsp3) is 0.375. The lowest BCUT2D eigenvalue weighted by molar-refractivity contribution is 0.0729. The van der Waals surface area contributed by atoms with Crippen molar-refractivity contribution in [2.75, 3.05) is 10.6 Å². The summed E-state index contributed by atoms with van der Waals surface area (Å²) in [5.41, 5.74) is 2.71. The van der Waals surface area contributed by atoms with Crippen LogP contribution in [0.3, 0.4) is 0 Å². The van der Waals surface area contributed by atoms with Gasteiger partial charge in [-0.1, -0.05) is 152 Å². The molecule has 0 saturated heterocycles. The topological polar surface area (TPSA) is 139 Å². The Bertz CT molecular complexity index is 2490. The number of hydrogen-bond donors (Lipinski definition) is 3. The highest BCUT2D eigenvalue weighted by molar-refractivity contribution is 6.34. The molecule has 0 spiro atoms. The highest BCUT2D eigenvalue weighted by Crippen LogP contribution is 2.43. The lowest BCUT2D eigenvalue weighted by atomic mass is 9.81. The van der Waals surface area contributed by atoms with Gasteiger partial charge in [-0.2, -0.15) is 0 Å². The number of anilines is 2. The molecular formula is C56H64N2O7. The first-order valence-electron chi connectivity index (χ1n) is 23.9. The number of benzene rings is 5. The smallest absolute Gasteiger partial charge is 0.343 e. The molecule has 0 aliphatic heterocycles. The molecule has 0 heterocycles. The van der Waals surface area contributed by atoms with Crippen LogP contribution in [0.2, 0.25) is 0 Å². The number of aromatic hydroxyl groups is 1. The molecule has 0 aromatic heterocycles. The fourth-order valence-electron chi connectivity index (χ4n) is 8.79. The monoisotopic (exact) mass is 876 g/mol. The summed E-state index contributed by atoms with van der Waals surface area (Å²) in [5, 5.41) is 17.1. The Balaban J connectivity index is 1.37. The van der Waals surface area contributed by atoms with E-state index in [2.05, 4.69) is 31.4 Å². The molecule has 0 saturated carbocycles. The minimum Gasteiger partial charge on any atom is -0.507 e. The van der Waals surface area contributed by atoms with Crippen molar-refractivity contribution in [3.05, 3.63) is 153 Å². The summed E-state index contributed by atoms with van der Waals surface area (Å²) in [6.07, 6.45) is 18.0. The molecule has 1 aliphatic carbocycles. The Kier molecular flexibility index (Phi) is 17.8. The summed E-state index contributed by atoms with van der Waals surface area (Å²) in [7, 11) is 0. The molecule has 9 nitrogen and oxygen atoms in total. The number of nitrogens with one attached hydrogen (secondary N) is 2. The van der Waals surface area contributed by atoms with Gasteiger partial charge in [-0.05, 0) is 97.7 Å². The minimum atomic E-state index is -0.800. The van der Waals surface area contributed by atoms with Gasteiger partial charge in [0.2, 0.25) is 5.78 Å². The lowest BCUT2D eigenvalue weighted by Gasteiger charge is -2.25. The summed E-state index contributed by atoms with van der Waals surface area (Å²) in [4.78, 5) is 72.3. The van der Waals surface area contributed by atoms with Crippen molar-refractivity contribution in [1.29, 1.82) is 0 Å². The first kappa shape index (κ1) is 48.1. The molecule has 0 bridgehead atoms. The average Bonchev–Trinajstić information content (AvgIpc) is 3.31. The van der Waals surface area contributed by atoms with E-state index in [4.69, 9.17) is 4.74 Å². The number of carbonyl (C=O) groups is 5. The number of phenols is 1. The van der Waals surface area contributed by atoms with E-state index in [1.807, 2.05) is 36.4 Å². The van der Waals surface area contributed by atoms with Crippen LogP contribution in [0.25, 0.3) is 0 Å². The number of aryl methyl sites for hydroxylation is 3. The summed E-state index contributed by atoms with van der Waals surface area (Å²) in [5.74, 6) is -3.88. The minimum absolute atomic E-state index is 0.0190. The van der Waals surface area contributed by atoms with Crippen LogP contribution >= 0.6 is 0 Å². The molecule has 5 aromatic rings. The molecule has 5 aromatic carbocycles. The largest absolute Gasteiger partial charge is 0.507 e. The Morgan fingerprint density at radius 3 is 1.31 bits per heavy atom. The number of fused-ring (bicyclic) bond motifs is 2. The van der Waals surface area contributed by atoms with Gasteiger partial charge in [0.25, 0.3) is 11.8 Å². The molecule has 1 aliphatic rings. The van der Waals surface area contributed by atoms with Gasteiger partial charge in [-0.25, -0.2) is 4.79 Å². The fourth-order valence-corrected chi connectivity index (χ4v) is 8.79. The number of amides is 2. The molecular weight excluding hydrogens is 813 g/mol. The SMILES string of the molecule is CCCCCCCc1ccccc1C(=O)Nc1ccc(O)c2c1C(=O)c1c(NC(=O)c3ccccc3CCCCCCC)ccc(OC(=O)c3ccccc3CCCCCCC)c1C2=O. The second-order valence-corrected chi connectivity index (χ2v) is 17.2. The van der Waals surface area contributed by atoms with E-state index < -0.39 is 35.1 Å². The third-order valence-electron chi connectivity index (χ3n) is 12.4. The van der Waals surface area contributed by atoms with Crippen molar-refractivity contribution in [2.45, 2.75) is 136 Å². The van der Waals surface area contributed by atoms with E-state index in [1.54, 1.807) is 36.4 Å². The Morgan fingerprint density at radius 1 is 0.446 bits per heavy atom. The summed E-state index contributed by atoms with van der Waals surface area (Å²) in [6.45, 7) is 6.49. The molecule has 2 amide bonds. The molecule has 6 rings (SSSR count). The molecule has 0 fully saturated rings. The predicted octanol–water partition coefficient (Wildman–Crippen LogP) is 13.4. The first-order chi connectivity index (χ1) is 31.7. The quantitative estimate of drug-likeness (QED) is 0.0238. The maximum atomic E-state index is 15.1. The van der Waals surface area contributed by atoms with Gasteiger partial charge in [-0.3, -0.25) is 19.2 Å². The van der Waals surface area contributed by atoms with Crippen molar-refractivity contribution in [3.8, 4) is 11.5 Å². The number of ketones is 2. The van der Waals surface area contributed by atoms with Gasteiger partial charge in [0.15, 0.2) is 5.78 Å². The third-order valence-corrected chi connectivity index (χ3v) is 12.4. The Hall–Kier alpha value is -6.35. The molecule has 0 atom stereocenters. The van der Waals surface area contributed by atoms with Crippen LogP contribution in [0.5, 0.6) is 11.5 Å². The van der Waals surface area contributed by atoms with Crippen LogP contribution < -0.4 is 15.4 Å². The van der Waals surface area contributed by atoms with Crippen LogP contribution in [-0.2, 0) is 19.3 Å². The van der Waals surface area contributed by atoms with Crippen LogP contribution in [0.1, 0.15) is 197 Å². The van der Waals surface area contributed by atoms with Gasteiger partial charge in [0.05, 0.1) is 39.2 Å². The maximum Gasteiger partial charge on any atom is 0.343 e. The standard InChI is InChI=1S/C56H64N2O7/c1-4-7-10-13-16-25-38-28-19-22-31-41(38)54(62)57-44-34-36-46(59)50-48(44)52(60)49-45(58-55(63)42-32-23-20-29-39(42)26-17-14-11-8-5-2)35-37-47(51(49)53(50)61)65-56(64)43-33-24-21-30-40(43)27-18-15-12-9-6-3/h19-24,28-37,59H,4-18,25-27H2,1-3H3,(H,57,62)(H,58,63). The molecule has 0 unspecified atom stereocenters. The molecule has 65 heavy (non-hydrogen) atoms. The van der Waals surface area contributed by atoms with Gasteiger partial charge < -0.3 is 20.5 Å². The highest BCUT2D eigenvalue weighted by Gasteiger charge is 2.40. The number of carbonyl (C=O) groups excluding carboxylic acids is 5. The maximum absolute atomic E-state index is 15.1. The zero-order valence-electron chi connectivity index (χ0n) is 38.4. The number of esters is 1. The van der Waals surface area contributed by atoms with Gasteiger partial charge in [-0.15, -0.1) is 0 Å². The van der Waals surface area contributed by atoms with Gasteiger partial charge in [0, 0.05) is 11.1 Å². The van der Waals surface area contributed by atoms with Crippen LogP contribution in [0.4, 0.5) is 11.4 Å². The highest BCUT2D eigenvalue weighted by atomic mass is 16.5. The second kappa shape index (κ2) is 24.1. The second-order valence-electron chi connectivity index (χ2n) is 17.2. The average molecular weight is 877 g/mol. The van der Waals surface area contributed by atoms with Crippen molar-refractivity contribution < 1.29 is 33.8 Å². The summed E-state index contributed by atoms with van der Waals surface area (Å²) < 4.78 is 6.04. The van der Waals surface area contributed by atoms with Crippen molar-refractivity contribution in [2.24, 2.45) is 0 Å². The number of ether oxygens (including phenoxy) is 1. The molecule has 3 N–H and O–H groups in total. The zero-order chi connectivity index (χ0) is 46.1. The van der Waals surface area contributed by atoms with Crippen LogP contribution in [0, 0.1) is 0 Å². The number of unbranched alkanes of at least 4 members (excludes halogenated alkanes) is 12. The first-order valence-corrected chi connectivity index (χ1v) is 23.9. The molecule has 0 radical (unpaired) electrons. The lowest BCUT2D eigenvalue weighted by Crippen LogP contribution is -2.28. The number of rotatable bonds is 24. The number of phenolic OH excluding ortho intramolecular Hbond substituents is 1. The van der Waals surface area contributed by atoms with E-state index in [9.17, 15) is 24.3 Å². The van der Waals surface area contributed by atoms with E-state index in [-0.39, 0.29) is 39.4 Å². The van der Waals surface area contributed by atoms with Crippen LogP contribution in [0.15, 0.2) is 97.1 Å². The molecule has 340 valence electrons. The zero-order valence-corrected chi connectivity index (χ0v) is 38.4. The van der Waals surface area contributed by atoms with E-state index in [1.165, 1.54) is 24.3 Å². The Morgan fingerprint density at radius 2 is 0.831 bits per heavy atom. The summed E-state index contributed by atoms with van der Waals surface area (Å²) >= 11 is 0. The van der Waals surface area contributed by atoms with E-state index >= 15 is 4.79 Å². The Labute approximate surface area is 384 Å². The van der Waals surface area contributed by atoms with E-state index in [0.717, 1.165) is 113 Å². The predicted molar refractivity (Wildman–Crippen MR) is 259 cm³/mol. The van der Waals surface area contributed by atoms with Gasteiger partial charge in [0.1, 0.15) is 11.5 Å². The van der Waals surface area contributed by atoms with Crippen molar-refractivity contribution in [3.63, 3.8) is 0 Å². The normalized spacial score (nSPS) is 11.8. The van der Waals surface area contributed by atoms with Crippen molar-refractivity contribution in [1.82, 2.24) is 0 Å².